The van der Waals surface area contributed by atoms with Gasteiger partial charge in [-0.2, -0.15) is 0 Å². The minimum atomic E-state index is -0.139. The highest BCUT2D eigenvalue weighted by Gasteiger charge is 2.17. The normalized spacial score (nSPS) is 17.7. The quantitative estimate of drug-likeness (QED) is 0.528. The number of carbonyl (C=O) groups excluding carboxylic acids is 1. The van der Waals surface area contributed by atoms with E-state index in [9.17, 15) is 4.79 Å². The summed E-state index contributed by atoms with van der Waals surface area (Å²) >= 11 is 1.28. The van der Waals surface area contributed by atoms with Crippen LogP contribution in [-0.2, 0) is 4.74 Å². The standard InChI is InChI=1S/C14H22N4O2S/c1-20-8-7-16-14-18-12(15)11(21-14)13(19)17-9-10-5-3-2-4-6-10/h2-3,10H,4-9,15H2,1H3,(H,16,18)(H,17,19). The molecular weight excluding hydrogens is 288 g/mol. The highest BCUT2D eigenvalue weighted by atomic mass is 32.1. The van der Waals surface area contributed by atoms with E-state index in [4.69, 9.17) is 10.5 Å². The van der Waals surface area contributed by atoms with Crippen molar-refractivity contribution in [3.05, 3.63) is 17.0 Å². The van der Waals surface area contributed by atoms with Gasteiger partial charge in [-0.25, -0.2) is 4.98 Å². The number of nitrogen functional groups attached to an aromatic ring is 1. The fourth-order valence-electron chi connectivity index (χ4n) is 2.19. The van der Waals surface area contributed by atoms with Gasteiger partial charge in [-0.3, -0.25) is 4.79 Å². The molecule has 2 rings (SSSR count). The molecule has 4 N–H and O–H groups in total. The second-order valence-electron chi connectivity index (χ2n) is 5.01. The molecule has 6 nitrogen and oxygen atoms in total. The van der Waals surface area contributed by atoms with E-state index in [1.54, 1.807) is 7.11 Å². The summed E-state index contributed by atoms with van der Waals surface area (Å²) in [7, 11) is 1.64. The van der Waals surface area contributed by atoms with Crippen LogP contribution in [0.15, 0.2) is 12.2 Å². The molecule has 1 aliphatic rings. The van der Waals surface area contributed by atoms with Crippen LogP contribution in [0.1, 0.15) is 28.9 Å². The summed E-state index contributed by atoms with van der Waals surface area (Å²) in [6.07, 6.45) is 7.62. The summed E-state index contributed by atoms with van der Waals surface area (Å²) in [5, 5.41) is 6.68. The third-order valence-electron chi connectivity index (χ3n) is 3.37. The lowest BCUT2D eigenvalue weighted by atomic mass is 9.94. The number of aromatic nitrogens is 1. The smallest absolute Gasteiger partial charge is 0.265 e. The predicted octanol–water partition coefficient (Wildman–Crippen LogP) is 1.87. The number of anilines is 2. The fourth-order valence-corrected chi connectivity index (χ4v) is 3.02. The van der Waals surface area contributed by atoms with Crippen LogP contribution in [0.4, 0.5) is 10.9 Å². The van der Waals surface area contributed by atoms with Gasteiger partial charge in [-0.15, -0.1) is 0 Å². The van der Waals surface area contributed by atoms with E-state index in [2.05, 4.69) is 27.8 Å². The first kappa shape index (κ1) is 15.8. The zero-order valence-electron chi connectivity index (χ0n) is 12.2. The van der Waals surface area contributed by atoms with E-state index in [-0.39, 0.29) is 11.7 Å². The molecule has 21 heavy (non-hydrogen) atoms. The number of carbonyl (C=O) groups is 1. The monoisotopic (exact) mass is 310 g/mol. The van der Waals surface area contributed by atoms with E-state index in [1.165, 1.54) is 11.3 Å². The maximum atomic E-state index is 12.2. The Labute approximate surface area is 128 Å². The van der Waals surface area contributed by atoms with Crippen LogP contribution >= 0.6 is 11.3 Å². The number of allylic oxidation sites excluding steroid dienone is 2. The van der Waals surface area contributed by atoms with Gasteiger partial charge in [0.2, 0.25) is 0 Å². The molecule has 0 radical (unpaired) electrons. The maximum Gasteiger partial charge on any atom is 0.265 e. The zero-order chi connectivity index (χ0) is 15.1. The van der Waals surface area contributed by atoms with Crippen LogP contribution in [-0.4, -0.2) is 37.7 Å². The van der Waals surface area contributed by atoms with E-state index in [0.29, 0.717) is 35.6 Å². The first-order chi connectivity index (χ1) is 10.2. The molecule has 1 atom stereocenters. The molecule has 0 aromatic carbocycles. The van der Waals surface area contributed by atoms with Gasteiger partial charge >= 0.3 is 0 Å². The van der Waals surface area contributed by atoms with E-state index in [0.717, 1.165) is 19.3 Å². The van der Waals surface area contributed by atoms with Crippen LogP contribution < -0.4 is 16.4 Å². The van der Waals surface area contributed by atoms with E-state index < -0.39 is 0 Å². The number of methoxy groups -OCH3 is 1. The minimum Gasteiger partial charge on any atom is -0.383 e. The van der Waals surface area contributed by atoms with Gasteiger partial charge in [0, 0.05) is 20.2 Å². The Morgan fingerprint density at radius 1 is 1.57 bits per heavy atom. The van der Waals surface area contributed by atoms with Crippen molar-refractivity contribution in [2.24, 2.45) is 5.92 Å². The largest absolute Gasteiger partial charge is 0.383 e. The van der Waals surface area contributed by atoms with Crippen molar-refractivity contribution in [2.75, 3.05) is 37.9 Å². The second kappa shape index (κ2) is 7.99. The molecule has 1 aromatic rings. The number of rotatable bonds is 7. The molecule has 0 bridgehead atoms. The molecule has 116 valence electrons. The highest BCUT2D eigenvalue weighted by molar-refractivity contribution is 7.18. The van der Waals surface area contributed by atoms with Crippen LogP contribution in [0.25, 0.3) is 0 Å². The van der Waals surface area contributed by atoms with E-state index >= 15 is 0 Å². The Balaban J connectivity index is 1.85. The molecule has 7 heteroatoms. The average Bonchev–Trinajstić information content (AvgIpc) is 2.87. The maximum absolute atomic E-state index is 12.2. The van der Waals surface area contributed by atoms with Gasteiger partial charge in [0.15, 0.2) is 5.13 Å². The Morgan fingerprint density at radius 2 is 2.43 bits per heavy atom. The minimum absolute atomic E-state index is 0.139. The fraction of sp³-hybridized carbons (Fsp3) is 0.571. The molecule has 0 saturated carbocycles. The third-order valence-corrected chi connectivity index (χ3v) is 4.40. The number of hydrogen-bond acceptors (Lipinski definition) is 6. The number of nitrogens with zero attached hydrogens (tertiary/aromatic N) is 1. The number of thiazole rings is 1. The molecule has 1 amide bonds. The van der Waals surface area contributed by atoms with Crippen molar-refractivity contribution in [2.45, 2.75) is 19.3 Å². The average molecular weight is 310 g/mol. The molecule has 1 heterocycles. The van der Waals surface area contributed by atoms with Crippen LogP contribution in [0.3, 0.4) is 0 Å². The van der Waals surface area contributed by atoms with Gasteiger partial charge in [0.25, 0.3) is 5.91 Å². The molecular formula is C14H22N4O2S. The lowest BCUT2D eigenvalue weighted by Crippen LogP contribution is -2.29. The van der Waals surface area contributed by atoms with Gasteiger partial charge in [-0.05, 0) is 25.2 Å². The number of amides is 1. The summed E-state index contributed by atoms with van der Waals surface area (Å²) in [6.45, 7) is 1.90. The Kier molecular flexibility index (Phi) is 6.01. The van der Waals surface area contributed by atoms with Crippen LogP contribution in [0, 0.1) is 5.92 Å². The molecule has 0 fully saturated rings. The number of nitrogens with one attached hydrogen (secondary N) is 2. The number of nitrogens with two attached hydrogens (primary N) is 1. The van der Waals surface area contributed by atoms with Gasteiger partial charge < -0.3 is 21.1 Å². The predicted molar refractivity (Wildman–Crippen MR) is 85.7 cm³/mol. The summed E-state index contributed by atoms with van der Waals surface area (Å²) in [6, 6.07) is 0. The summed E-state index contributed by atoms with van der Waals surface area (Å²) in [4.78, 5) is 16.8. The molecule has 0 aliphatic heterocycles. The second-order valence-corrected chi connectivity index (χ2v) is 6.01. The Bertz CT molecular complexity index is 501. The Hall–Kier alpha value is -1.60. The third kappa shape index (κ3) is 4.71. The number of hydrogen-bond donors (Lipinski definition) is 3. The van der Waals surface area contributed by atoms with E-state index in [1.807, 2.05) is 0 Å². The summed E-state index contributed by atoms with van der Waals surface area (Å²) in [5.74, 6) is 0.660. The van der Waals surface area contributed by atoms with Gasteiger partial charge in [-0.1, -0.05) is 23.5 Å². The van der Waals surface area contributed by atoms with Gasteiger partial charge in [0.05, 0.1) is 6.61 Å². The van der Waals surface area contributed by atoms with Crippen molar-refractivity contribution >= 4 is 28.2 Å². The highest BCUT2D eigenvalue weighted by Crippen LogP contribution is 2.25. The molecule has 0 saturated heterocycles. The zero-order valence-corrected chi connectivity index (χ0v) is 13.0. The summed E-state index contributed by atoms with van der Waals surface area (Å²) < 4.78 is 4.95. The van der Waals surface area contributed by atoms with Crippen LogP contribution in [0.5, 0.6) is 0 Å². The molecule has 1 aliphatic carbocycles. The first-order valence-electron chi connectivity index (χ1n) is 7.13. The summed E-state index contributed by atoms with van der Waals surface area (Å²) in [5.41, 5.74) is 5.81. The Morgan fingerprint density at radius 3 is 3.14 bits per heavy atom. The lowest BCUT2D eigenvalue weighted by Gasteiger charge is -2.17. The van der Waals surface area contributed by atoms with Crippen molar-refractivity contribution in [3.63, 3.8) is 0 Å². The van der Waals surface area contributed by atoms with Crippen LogP contribution in [0.2, 0.25) is 0 Å². The topological polar surface area (TPSA) is 89.3 Å². The molecule has 0 spiro atoms. The molecule has 1 aromatic heterocycles. The van der Waals surface area contributed by atoms with Gasteiger partial charge in [0.1, 0.15) is 10.7 Å². The van der Waals surface area contributed by atoms with Crippen molar-refractivity contribution in [3.8, 4) is 0 Å². The van der Waals surface area contributed by atoms with Crippen molar-refractivity contribution in [1.29, 1.82) is 0 Å². The number of ether oxygens (including phenoxy) is 1. The lowest BCUT2D eigenvalue weighted by molar-refractivity contribution is 0.0951. The van der Waals surface area contributed by atoms with Crippen molar-refractivity contribution < 1.29 is 9.53 Å². The molecule has 1 unspecified atom stereocenters. The SMILES string of the molecule is COCCNc1nc(N)c(C(=O)NCC2CC=CCC2)s1. The first-order valence-corrected chi connectivity index (χ1v) is 7.94. The van der Waals surface area contributed by atoms with Crippen molar-refractivity contribution in [1.82, 2.24) is 10.3 Å².